The van der Waals surface area contributed by atoms with Crippen molar-refractivity contribution in [2.75, 3.05) is 26.7 Å². The summed E-state index contributed by atoms with van der Waals surface area (Å²) in [5, 5.41) is 3.83. The number of nitrogens with zero attached hydrogens (tertiary/aromatic N) is 1. The van der Waals surface area contributed by atoms with Crippen molar-refractivity contribution in [3.05, 3.63) is 34.3 Å². The summed E-state index contributed by atoms with van der Waals surface area (Å²) in [5.74, 6) is 0.755. The van der Waals surface area contributed by atoms with Gasteiger partial charge >= 0.3 is 0 Å². The molecule has 1 N–H and O–H groups in total. The minimum absolute atomic E-state index is 0.507. The van der Waals surface area contributed by atoms with Crippen LogP contribution in [0.15, 0.2) is 28.7 Å². The lowest BCUT2D eigenvalue weighted by molar-refractivity contribution is 0.125. The van der Waals surface area contributed by atoms with Gasteiger partial charge in [0.2, 0.25) is 0 Å². The number of benzene rings is 1. The minimum Gasteiger partial charge on any atom is -0.313 e. The van der Waals surface area contributed by atoms with E-state index in [1.807, 2.05) is 0 Å². The summed E-state index contributed by atoms with van der Waals surface area (Å²) in [4.78, 5) is 2.45. The standard InChI is InChI=1S/C18H27BrN2/c1-18(6-8-21(2)9-7-18)13-20-17-11-15(12-17)14-4-3-5-16(19)10-14/h3-5,10,15,17,20H,6-9,11-13H2,1-2H3. The summed E-state index contributed by atoms with van der Waals surface area (Å²) in [6.45, 7) is 6.15. The number of halogens is 1. The summed E-state index contributed by atoms with van der Waals surface area (Å²) >= 11 is 3.57. The summed E-state index contributed by atoms with van der Waals surface area (Å²) in [5.41, 5.74) is 2.00. The quantitative estimate of drug-likeness (QED) is 0.882. The molecule has 1 aromatic carbocycles. The van der Waals surface area contributed by atoms with Crippen LogP contribution >= 0.6 is 15.9 Å². The Morgan fingerprint density at radius 1 is 1.29 bits per heavy atom. The average molecular weight is 351 g/mol. The number of hydrogen-bond acceptors (Lipinski definition) is 2. The van der Waals surface area contributed by atoms with E-state index >= 15 is 0 Å². The van der Waals surface area contributed by atoms with Gasteiger partial charge in [0.15, 0.2) is 0 Å². The van der Waals surface area contributed by atoms with Gasteiger partial charge in [0, 0.05) is 17.1 Å². The molecule has 1 aliphatic heterocycles. The van der Waals surface area contributed by atoms with Crippen LogP contribution in [0.25, 0.3) is 0 Å². The van der Waals surface area contributed by atoms with E-state index in [9.17, 15) is 0 Å². The third kappa shape index (κ3) is 3.88. The molecule has 1 aliphatic carbocycles. The van der Waals surface area contributed by atoms with E-state index in [2.05, 4.69) is 64.4 Å². The van der Waals surface area contributed by atoms with Crippen LogP contribution in [0.2, 0.25) is 0 Å². The van der Waals surface area contributed by atoms with Gasteiger partial charge in [0.1, 0.15) is 0 Å². The monoisotopic (exact) mass is 350 g/mol. The van der Waals surface area contributed by atoms with Gasteiger partial charge in [-0.2, -0.15) is 0 Å². The number of rotatable bonds is 4. The van der Waals surface area contributed by atoms with Crippen LogP contribution in [-0.2, 0) is 0 Å². The maximum Gasteiger partial charge on any atom is 0.0178 e. The summed E-state index contributed by atoms with van der Waals surface area (Å²) in [7, 11) is 2.24. The van der Waals surface area contributed by atoms with Crippen LogP contribution < -0.4 is 5.32 Å². The molecule has 2 nitrogen and oxygen atoms in total. The Hall–Kier alpha value is -0.380. The summed E-state index contributed by atoms with van der Waals surface area (Å²) in [6.07, 6.45) is 5.26. The van der Waals surface area contributed by atoms with Crippen LogP contribution in [0.3, 0.4) is 0 Å². The molecule has 3 heteroatoms. The van der Waals surface area contributed by atoms with Crippen molar-refractivity contribution >= 4 is 15.9 Å². The average Bonchev–Trinajstić information content (AvgIpc) is 2.41. The zero-order valence-electron chi connectivity index (χ0n) is 13.2. The summed E-state index contributed by atoms with van der Waals surface area (Å²) in [6, 6.07) is 9.53. The largest absolute Gasteiger partial charge is 0.313 e. The lowest BCUT2D eigenvalue weighted by Gasteiger charge is -2.42. The number of nitrogens with one attached hydrogen (secondary N) is 1. The van der Waals surface area contributed by atoms with E-state index in [0.717, 1.165) is 12.0 Å². The summed E-state index contributed by atoms with van der Waals surface area (Å²) < 4.78 is 1.20. The van der Waals surface area contributed by atoms with Crippen LogP contribution in [0.1, 0.15) is 44.1 Å². The fraction of sp³-hybridized carbons (Fsp3) is 0.667. The lowest BCUT2D eigenvalue weighted by Crippen LogP contribution is -2.47. The highest BCUT2D eigenvalue weighted by molar-refractivity contribution is 9.10. The normalized spacial score (nSPS) is 29.1. The highest BCUT2D eigenvalue weighted by Gasteiger charge is 2.33. The smallest absolute Gasteiger partial charge is 0.0178 e. The van der Waals surface area contributed by atoms with E-state index in [0.29, 0.717) is 5.41 Å². The van der Waals surface area contributed by atoms with Crippen molar-refractivity contribution < 1.29 is 0 Å². The van der Waals surface area contributed by atoms with Crippen molar-refractivity contribution in [1.29, 1.82) is 0 Å². The third-order valence-electron chi connectivity index (χ3n) is 5.47. The van der Waals surface area contributed by atoms with Gasteiger partial charge in [-0.3, -0.25) is 0 Å². The molecular formula is C18H27BrN2. The second kappa shape index (κ2) is 6.39. The molecule has 0 unspecified atom stereocenters. The van der Waals surface area contributed by atoms with Gasteiger partial charge in [0.25, 0.3) is 0 Å². The van der Waals surface area contributed by atoms with Crippen molar-refractivity contribution in [2.45, 2.75) is 44.6 Å². The van der Waals surface area contributed by atoms with Gasteiger partial charge in [0.05, 0.1) is 0 Å². The first-order valence-corrected chi connectivity index (χ1v) is 9.01. The molecule has 2 fully saturated rings. The van der Waals surface area contributed by atoms with Gasteiger partial charge < -0.3 is 10.2 Å². The second-order valence-electron chi connectivity index (χ2n) is 7.42. The predicted molar refractivity (Wildman–Crippen MR) is 92.7 cm³/mol. The first kappa shape index (κ1) is 15.5. The molecule has 0 amide bonds. The van der Waals surface area contributed by atoms with E-state index in [1.165, 1.54) is 55.4 Å². The maximum absolute atomic E-state index is 3.83. The van der Waals surface area contributed by atoms with Crippen molar-refractivity contribution in [3.8, 4) is 0 Å². The molecule has 0 atom stereocenters. The molecule has 1 saturated heterocycles. The van der Waals surface area contributed by atoms with E-state index in [4.69, 9.17) is 0 Å². The van der Waals surface area contributed by atoms with E-state index in [-0.39, 0.29) is 0 Å². The minimum atomic E-state index is 0.507. The second-order valence-corrected chi connectivity index (χ2v) is 8.33. The molecule has 1 saturated carbocycles. The first-order chi connectivity index (χ1) is 10.0. The van der Waals surface area contributed by atoms with Crippen LogP contribution in [0, 0.1) is 5.41 Å². The predicted octanol–water partition coefficient (Wildman–Crippen LogP) is 4.02. The Bertz CT molecular complexity index is 474. The molecule has 2 aliphatic rings. The molecule has 0 radical (unpaired) electrons. The third-order valence-corrected chi connectivity index (χ3v) is 5.96. The number of piperidine rings is 1. The maximum atomic E-state index is 3.83. The van der Waals surface area contributed by atoms with Gasteiger partial charge in [-0.1, -0.05) is 35.0 Å². The Morgan fingerprint density at radius 3 is 2.67 bits per heavy atom. The van der Waals surface area contributed by atoms with Crippen molar-refractivity contribution in [3.63, 3.8) is 0 Å². The topological polar surface area (TPSA) is 15.3 Å². The molecule has 0 spiro atoms. The molecule has 116 valence electrons. The molecular weight excluding hydrogens is 324 g/mol. The Morgan fingerprint density at radius 2 is 2.00 bits per heavy atom. The Balaban J connectivity index is 1.43. The highest BCUT2D eigenvalue weighted by Crippen LogP contribution is 2.38. The fourth-order valence-electron chi connectivity index (χ4n) is 3.54. The van der Waals surface area contributed by atoms with Crippen LogP contribution in [0.5, 0.6) is 0 Å². The van der Waals surface area contributed by atoms with E-state index in [1.54, 1.807) is 0 Å². The van der Waals surface area contributed by atoms with Crippen molar-refractivity contribution in [2.24, 2.45) is 5.41 Å². The molecule has 0 aromatic heterocycles. The molecule has 1 aromatic rings. The zero-order valence-corrected chi connectivity index (χ0v) is 14.8. The van der Waals surface area contributed by atoms with Gasteiger partial charge in [-0.15, -0.1) is 0 Å². The first-order valence-electron chi connectivity index (χ1n) is 8.21. The molecule has 21 heavy (non-hydrogen) atoms. The number of likely N-dealkylation sites (tertiary alicyclic amines) is 1. The lowest BCUT2D eigenvalue weighted by atomic mass is 9.74. The molecule has 1 heterocycles. The Kier molecular flexibility index (Phi) is 4.72. The number of hydrogen-bond donors (Lipinski definition) is 1. The van der Waals surface area contributed by atoms with E-state index < -0.39 is 0 Å². The zero-order chi connectivity index (χ0) is 14.9. The highest BCUT2D eigenvalue weighted by atomic mass is 79.9. The Labute approximate surface area is 137 Å². The van der Waals surface area contributed by atoms with Gasteiger partial charge in [-0.25, -0.2) is 0 Å². The van der Waals surface area contributed by atoms with Gasteiger partial charge in [-0.05, 0) is 74.8 Å². The molecule has 0 bridgehead atoms. The fourth-order valence-corrected chi connectivity index (χ4v) is 3.96. The molecule has 3 rings (SSSR count). The van der Waals surface area contributed by atoms with Crippen molar-refractivity contribution in [1.82, 2.24) is 10.2 Å². The van der Waals surface area contributed by atoms with Crippen LogP contribution in [0.4, 0.5) is 0 Å². The SMILES string of the molecule is CN1CCC(C)(CNC2CC(c3cccc(Br)c3)C2)CC1. The van der Waals surface area contributed by atoms with Crippen LogP contribution in [-0.4, -0.2) is 37.6 Å².